The third-order valence-electron chi connectivity index (χ3n) is 5.50. The fourth-order valence-corrected chi connectivity index (χ4v) is 4.16. The Morgan fingerprint density at radius 2 is 1.93 bits per heavy atom. The summed E-state index contributed by atoms with van der Waals surface area (Å²) in [7, 11) is 0. The molecule has 0 aromatic heterocycles. The third-order valence-corrected chi connectivity index (χ3v) is 5.50. The van der Waals surface area contributed by atoms with E-state index in [0.717, 1.165) is 43.7 Å². The average Bonchev–Trinajstić information content (AvgIpc) is 2.66. The number of anilines is 1. The molecule has 2 saturated carbocycles. The summed E-state index contributed by atoms with van der Waals surface area (Å²) in [6.07, 6.45) is 5.13. The second kappa shape index (κ2) is 7.15. The third kappa shape index (κ3) is 3.14. The number of non-ortho nitro benzene ring substituents is 1. The smallest absolute Gasteiger partial charge is 0.272 e. The molecule has 0 amide bonds. The van der Waals surface area contributed by atoms with Crippen LogP contribution in [0.15, 0.2) is 35.5 Å². The molecule has 0 saturated heterocycles. The summed E-state index contributed by atoms with van der Waals surface area (Å²) in [5, 5.41) is 36.4. The number of allylic oxidation sites excluding steroid dienone is 1. The van der Waals surface area contributed by atoms with E-state index in [1.165, 1.54) is 12.1 Å². The lowest BCUT2D eigenvalue weighted by Crippen LogP contribution is -2.44. The zero-order valence-corrected chi connectivity index (χ0v) is 14.7. The fraction of sp³-hybridized carbons (Fsp3) is 0.444. The van der Waals surface area contributed by atoms with E-state index in [1.807, 2.05) is 0 Å². The zero-order chi connectivity index (χ0) is 19.6. The number of nitro benzene ring substituents is 2. The van der Waals surface area contributed by atoms with Gasteiger partial charge in [0, 0.05) is 6.07 Å². The molecule has 2 atom stereocenters. The van der Waals surface area contributed by atoms with Crippen LogP contribution in [0.5, 0.6) is 0 Å². The monoisotopic (exact) mass is 369 g/mol. The molecular formula is C18H19N5O4. The lowest BCUT2D eigenvalue weighted by atomic mass is 9.57. The molecule has 1 aromatic rings. The van der Waals surface area contributed by atoms with Crippen molar-refractivity contribution in [3.63, 3.8) is 0 Å². The van der Waals surface area contributed by atoms with Gasteiger partial charge in [0.05, 0.1) is 27.7 Å². The molecular weight excluding hydrogens is 350 g/mol. The molecule has 27 heavy (non-hydrogen) atoms. The van der Waals surface area contributed by atoms with E-state index >= 15 is 0 Å². The number of fused-ring (bicyclic) bond motifs is 1. The molecule has 0 heterocycles. The number of rotatable bonds is 4. The normalized spacial score (nSPS) is 26.1. The van der Waals surface area contributed by atoms with Gasteiger partial charge in [-0.05, 0) is 50.5 Å². The van der Waals surface area contributed by atoms with E-state index in [-0.39, 0.29) is 17.3 Å². The molecule has 9 heteroatoms. The van der Waals surface area contributed by atoms with Gasteiger partial charge < -0.3 is 0 Å². The Morgan fingerprint density at radius 1 is 1.22 bits per heavy atom. The summed E-state index contributed by atoms with van der Waals surface area (Å²) < 4.78 is 0. The predicted molar refractivity (Wildman–Crippen MR) is 99.2 cm³/mol. The summed E-state index contributed by atoms with van der Waals surface area (Å²) in [5.74, 6) is 0.157. The Kier molecular flexibility index (Phi) is 4.90. The Hall–Kier alpha value is -3.28. The number of hydrazone groups is 1. The number of nitrogens with one attached hydrogen (secondary N) is 1. The summed E-state index contributed by atoms with van der Waals surface area (Å²) >= 11 is 0. The number of hydrogen-bond acceptors (Lipinski definition) is 7. The van der Waals surface area contributed by atoms with Crippen LogP contribution < -0.4 is 5.43 Å². The first-order valence-electron chi connectivity index (χ1n) is 8.75. The second-order valence-electron chi connectivity index (χ2n) is 6.89. The van der Waals surface area contributed by atoms with Crippen molar-refractivity contribution >= 4 is 22.8 Å². The van der Waals surface area contributed by atoms with Gasteiger partial charge in [-0.1, -0.05) is 12.2 Å². The van der Waals surface area contributed by atoms with Crippen LogP contribution in [0.4, 0.5) is 17.1 Å². The van der Waals surface area contributed by atoms with E-state index in [0.29, 0.717) is 12.1 Å². The van der Waals surface area contributed by atoms with Gasteiger partial charge in [-0.25, -0.2) is 0 Å². The maximum atomic E-state index is 11.3. The lowest BCUT2D eigenvalue weighted by molar-refractivity contribution is -0.393. The van der Waals surface area contributed by atoms with E-state index < -0.39 is 20.9 Å². The minimum atomic E-state index is -0.834. The molecule has 1 N–H and O–H groups in total. The summed E-state index contributed by atoms with van der Waals surface area (Å²) in [6, 6.07) is 5.76. The first-order valence-corrected chi connectivity index (χ1v) is 8.75. The van der Waals surface area contributed by atoms with Crippen molar-refractivity contribution < 1.29 is 9.85 Å². The van der Waals surface area contributed by atoms with Crippen molar-refractivity contribution in [3.8, 4) is 6.07 Å². The van der Waals surface area contributed by atoms with Gasteiger partial charge in [0.2, 0.25) is 0 Å². The first kappa shape index (κ1) is 18.5. The van der Waals surface area contributed by atoms with Gasteiger partial charge >= 0.3 is 5.69 Å². The molecule has 0 aliphatic heterocycles. The van der Waals surface area contributed by atoms with Crippen LogP contribution >= 0.6 is 0 Å². The standard InChI is InChI=1S/C18H19N5O4/c1-12-4-2-5-13-6-3-7-17(18(12,13)11-19)21-20-15-9-8-14(22(24)25)10-16(15)23(26)27/h8-10,13,20H,1-7H2/b21-17+/t13-,18-/m1/s1. The maximum Gasteiger partial charge on any atom is 0.301 e. The van der Waals surface area contributed by atoms with Crippen molar-refractivity contribution in [2.45, 2.75) is 38.5 Å². The van der Waals surface area contributed by atoms with Crippen LogP contribution in [0, 0.1) is 42.9 Å². The lowest BCUT2D eigenvalue weighted by Gasteiger charge is -2.44. The molecule has 2 aliphatic carbocycles. The highest BCUT2D eigenvalue weighted by Crippen LogP contribution is 2.51. The Bertz CT molecular complexity index is 886. The molecule has 2 aliphatic rings. The SMILES string of the molecule is C=C1CCC[C@@H]2CCC/C(=N\Nc3ccc([N+](=O)[O-])cc3[N+](=O)[O-])[C@]12C#N. The van der Waals surface area contributed by atoms with E-state index in [1.54, 1.807) is 0 Å². The van der Waals surface area contributed by atoms with Crippen LogP contribution in [0.2, 0.25) is 0 Å². The molecule has 0 radical (unpaired) electrons. The summed E-state index contributed by atoms with van der Waals surface area (Å²) in [5.41, 5.74) is 2.57. The number of hydrogen-bond donors (Lipinski definition) is 1. The van der Waals surface area contributed by atoms with Crippen LogP contribution in [0.1, 0.15) is 38.5 Å². The average molecular weight is 369 g/mol. The maximum absolute atomic E-state index is 11.3. The number of nitriles is 1. The van der Waals surface area contributed by atoms with Gasteiger partial charge in [0.1, 0.15) is 11.1 Å². The summed E-state index contributed by atoms with van der Waals surface area (Å²) in [6.45, 7) is 4.11. The van der Waals surface area contributed by atoms with E-state index in [2.05, 4.69) is 23.2 Å². The number of nitro groups is 2. The highest BCUT2D eigenvalue weighted by Gasteiger charge is 2.49. The molecule has 3 rings (SSSR count). The quantitative estimate of drug-likeness (QED) is 0.477. The fourth-order valence-electron chi connectivity index (χ4n) is 4.16. The molecule has 140 valence electrons. The van der Waals surface area contributed by atoms with Crippen molar-refractivity contribution in [2.24, 2.45) is 16.4 Å². The van der Waals surface area contributed by atoms with Crippen molar-refractivity contribution in [3.05, 3.63) is 50.6 Å². The molecule has 0 bridgehead atoms. The van der Waals surface area contributed by atoms with Gasteiger partial charge in [0.25, 0.3) is 5.69 Å². The highest BCUT2D eigenvalue weighted by molar-refractivity contribution is 5.97. The van der Waals surface area contributed by atoms with Crippen molar-refractivity contribution in [1.82, 2.24) is 0 Å². The molecule has 0 unspecified atom stereocenters. The van der Waals surface area contributed by atoms with Gasteiger partial charge in [0.15, 0.2) is 0 Å². The van der Waals surface area contributed by atoms with Gasteiger partial charge in [-0.2, -0.15) is 10.4 Å². The van der Waals surface area contributed by atoms with Crippen molar-refractivity contribution in [2.75, 3.05) is 5.43 Å². The van der Waals surface area contributed by atoms with E-state index in [9.17, 15) is 25.5 Å². The van der Waals surface area contributed by atoms with Gasteiger partial charge in [-0.15, -0.1) is 0 Å². The number of nitrogens with zero attached hydrogens (tertiary/aromatic N) is 4. The van der Waals surface area contributed by atoms with E-state index in [4.69, 9.17) is 0 Å². The Labute approximate surface area is 155 Å². The molecule has 2 fully saturated rings. The Balaban J connectivity index is 1.97. The Morgan fingerprint density at radius 3 is 2.56 bits per heavy atom. The topological polar surface area (TPSA) is 134 Å². The van der Waals surface area contributed by atoms with Crippen LogP contribution in [0.3, 0.4) is 0 Å². The number of benzene rings is 1. The predicted octanol–water partition coefficient (Wildman–Crippen LogP) is 4.32. The zero-order valence-electron chi connectivity index (χ0n) is 14.7. The van der Waals surface area contributed by atoms with Crippen LogP contribution in [-0.4, -0.2) is 15.6 Å². The largest absolute Gasteiger partial charge is 0.301 e. The molecule has 1 aromatic carbocycles. The van der Waals surface area contributed by atoms with Gasteiger partial charge in [-0.3, -0.25) is 25.7 Å². The minimum absolute atomic E-state index is 0.0507. The second-order valence-corrected chi connectivity index (χ2v) is 6.89. The van der Waals surface area contributed by atoms with Crippen LogP contribution in [-0.2, 0) is 0 Å². The highest BCUT2D eigenvalue weighted by atomic mass is 16.6. The molecule has 9 nitrogen and oxygen atoms in total. The molecule has 0 spiro atoms. The minimum Gasteiger partial charge on any atom is -0.272 e. The van der Waals surface area contributed by atoms with Crippen molar-refractivity contribution in [1.29, 1.82) is 5.26 Å². The summed E-state index contributed by atoms with van der Waals surface area (Å²) in [4.78, 5) is 20.7. The van der Waals surface area contributed by atoms with Crippen LogP contribution in [0.25, 0.3) is 0 Å². The first-order chi connectivity index (χ1) is 12.9.